The third kappa shape index (κ3) is 2.09. The van der Waals surface area contributed by atoms with Crippen LogP contribution in [0.3, 0.4) is 0 Å². The number of likely N-dealkylation sites (N-methyl/N-ethyl adjacent to an activating group) is 1. The molecule has 5 nitrogen and oxygen atoms in total. The Bertz CT molecular complexity index is 485. The smallest absolute Gasteiger partial charge is 0.346 e. The maximum absolute atomic E-state index is 11.7. The highest BCUT2D eigenvalue weighted by atomic mass is 16.5. The number of carbonyl (C=O) groups excluding carboxylic acids is 1. The molecule has 0 aromatic heterocycles. The van der Waals surface area contributed by atoms with Gasteiger partial charge in [0, 0.05) is 13.7 Å². The lowest BCUT2D eigenvalue weighted by Crippen LogP contribution is -2.33. The SMILES string of the molecule is CCN1C(=O)N=C(N)C1c1ccccc1COC. The Hall–Kier alpha value is -1.88. The van der Waals surface area contributed by atoms with E-state index >= 15 is 0 Å². The van der Waals surface area contributed by atoms with E-state index in [1.165, 1.54) is 0 Å². The standard InChI is InChI=1S/C13H17N3O2/c1-3-16-11(12(14)15-13(16)17)10-7-5-4-6-9(10)8-18-2/h4-7,11H,3,8H2,1-2H3,(H2,14,15,17). The number of amides is 2. The number of urea groups is 1. The molecule has 1 atom stereocenters. The van der Waals surface area contributed by atoms with Gasteiger partial charge in [0.2, 0.25) is 0 Å². The molecule has 2 rings (SSSR count). The molecule has 0 spiro atoms. The van der Waals surface area contributed by atoms with Crippen LogP contribution < -0.4 is 5.73 Å². The number of hydrogen-bond acceptors (Lipinski definition) is 3. The Morgan fingerprint density at radius 1 is 1.44 bits per heavy atom. The second-order valence-electron chi connectivity index (χ2n) is 4.14. The van der Waals surface area contributed by atoms with Gasteiger partial charge in [-0.25, -0.2) is 4.79 Å². The lowest BCUT2D eigenvalue weighted by molar-refractivity contribution is 0.181. The van der Waals surface area contributed by atoms with Crippen LogP contribution in [0.25, 0.3) is 0 Å². The average Bonchev–Trinajstić information content (AvgIpc) is 2.64. The first-order valence-corrected chi connectivity index (χ1v) is 5.90. The molecule has 0 aliphatic carbocycles. The summed E-state index contributed by atoms with van der Waals surface area (Å²) in [7, 11) is 1.64. The topological polar surface area (TPSA) is 67.9 Å². The Morgan fingerprint density at radius 3 is 2.83 bits per heavy atom. The van der Waals surface area contributed by atoms with Gasteiger partial charge in [-0.15, -0.1) is 0 Å². The highest BCUT2D eigenvalue weighted by Gasteiger charge is 2.34. The second-order valence-corrected chi connectivity index (χ2v) is 4.14. The number of nitrogens with zero attached hydrogens (tertiary/aromatic N) is 2. The maximum Gasteiger partial charge on any atom is 0.346 e. The van der Waals surface area contributed by atoms with Crippen LogP contribution in [0.1, 0.15) is 24.1 Å². The number of nitrogens with two attached hydrogens (primary N) is 1. The normalized spacial score (nSPS) is 19.2. The third-order valence-electron chi connectivity index (χ3n) is 3.05. The molecule has 2 amide bonds. The Balaban J connectivity index is 2.41. The minimum absolute atomic E-state index is 0.270. The summed E-state index contributed by atoms with van der Waals surface area (Å²) in [5.41, 5.74) is 7.88. The van der Waals surface area contributed by atoms with E-state index in [2.05, 4.69) is 4.99 Å². The fourth-order valence-corrected chi connectivity index (χ4v) is 2.24. The molecule has 0 radical (unpaired) electrons. The van der Waals surface area contributed by atoms with Crippen molar-refractivity contribution in [3.05, 3.63) is 35.4 Å². The number of amidine groups is 1. The molecule has 0 bridgehead atoms. The number of carbonyl (C=O) groups is 1. The van der Waals surface area contributed by atoms with Gasteiger partial charge in [0.25, 0.3) is 0 Å². The zero-order valence-electron chi connectivity index (χ0n) is 10.6. The van der Waals surface area contributed by atoms with Gasteiger partial charge >= 0.3 is 6.03 Å². The molecular weight excluding hydrogens is 230 g/mol. The lowest BCUT2D eigenvalue weighted by Gasteiger charge is -2.24. The molecule has 0 saturated carbocycles. The summed E-state index contributed by atoms with van der Waals surface area (Å²) < 4.78 is 5.17. The molecule has 1 heterocycles. The van der Waals surface area contributed by atoms with Gasteiger partial charge in [-0.05, 0) is 18.1 Å². The summed E-state index contributed by atoms with van der Waals surface area (Å²) in [4.78, 5) is 17.2. The van der Waals surface area contributed by atoms with Crippen molar-refractivity contribution in [1.29, 1.82) is 0 Å². The largest absolute Gasteiger partial charge is 0.385 e. The Morgan fingerprint density at radius 2 is 2.17 bits per heavy atom. The van der Waals surface area contributed by atoms with Crippen LogP contribution in [0.5, 0.6) is 0 Å². The van der Waals surface area contributed by atoms with Crippen molar-refractivity contribution >= 4 is 11.9 Å². The third-order valence-corrected chi connectivity index (χ3v) is 3.05. The van der Waals surface area contributed by atoms with E-state index in [0.29, 0.717) is 19.0 Å². The van der Waals surface area contributed by atoms with Crippen LogP contribution in [0, 0.1) is 0 Å². The van der Waals surface area contributed by atoms with Crippen LogP contribution >= 0.6 is 0 Å². The van der Waals surface area contributed by atoms with E-state index in [1.54, 1.807) is 12.0 Å². The Kier molecular flexibility index (Phi) is 3.62. The summed E-state index contributed by atoms with van der Waals surface area (Å²) >= 11 is 0. The van der Waals surface area contributed by atoms with Crippen molar-refractivity contribution in [2.75, 3.05) is 13.7 Å². The Labute approximate surface area is 106 Å². The molecule has 1 aliphatic rings. The molecule has 2 N–H and O–H groups in total. The molecule has 1 aromatic carbocycles. The van der Waals surface area contributed by atoms with Crippen molar-refractivity contribution in [3.8, 4) is 0 Å². The minimum atomic E-state index is -0.271. The van der Waals surface area contributed by atoms with E-state index in [-0.39, 0.29) is 12.1 Å². The average molecular weight is 247 g/mol. The molecule has 0 saturated heterocycles. The van der Waals surface area contributed by atoms with Crippen LogP contribution in [-0.4, -0.2) is 30.4 Å². The number of hydrogen-bond donors (Lipinski definition) is 1. The summed E-state index contributed by atoms with van der Waals surface area (Å²) in [5, 5.41) is 0. The molecule has 5 heteroatoms. The quantitative estimate of drug-likeness (QED) is 0.880. The first-order chi connectivity index (χ1) is 8.69. The summed E-state index contributed by atoms with van der Waals surface area (Å²) in [6.45, 7) is 2.98. The number of rotatable bonds is 4. The highest BCUT2D eigenvalue weighted by Crippen LogP contribution is 2.29. The molecule has 18 heavy (non-hydrogen) atoms. The minimum Gasteiger partial charge on any atom is -0.385 e. The predicted octanol–water partition coefficient (Wildman–Crippen LogP) is 1.69. The second kappa shape index (κ2) is 5.18. The van der Waals surface area contributed by atoms with Gasteiger partial charge in [-0.3, -0.25) is 0 Å². The van der Waals surface area contributed by atoms with E-state index < -0.39 is 0 Å². The van der Waals surface area contributed by atoms with Gasteiger partial charge in [-0.2, -0.15) is 4.99 Å². The van der Waals surface area contributed by atoms with Gasteiger partial charge in [0.15, 0.2) is 0 Å². The van der Waals surface area contributed by atoms with Crippen molar-refractivity contribution in [2.24, 2.45) is 10.7 Å². The van der Waals surface area contributed by atoms with Crippen LogP contribution in [-0.2, 0) is 11.3 Å². The molecule has 1 unspecified atom stereocenters. The molecular formula is C13H17N3O2. The first-order valence-electron chi connectivity index (χ1n) is 5.90. The van der Waals surface area contributed by atoms with Crippen LogP contribution in [0.15, 0.2) is 29.3 Å². The number of methoxy groups -OCH3 is 1. The predicted molar refractivity (Wildman–Crippen MR) is 69.3 cm³/mol. The van der Waals surface area contributed by atoms with E-state index in [1.807, 2.05) is 31.2 Å². The number of ether oxygens (including phenoxy) is 1. The zero-order valence-corrected chi connectivity index (χ0v) is 10.6. The zero-order chi connectivity index (χ0) is 13.1. The van der Waals surface area contributed by atoms with E-state index in [0.717, 1.165) is 11.1 Å². The summed E-state index contributed by atoms with van der Waals surface area (Å²) in [6, 6.07) is 7.27. The molecule has 0 fully saturated rings. The van der Waals surface area contributed by atoms with Crippen molar-refractivity contribution in [1.82, 2.24) is 4.90 Å². The van der Waals surface area contributed by atoms with E-state index in [4.69, 9.17) is 10.5 Å². The first kappa shape index (κ1) is 12.6. The van der Waals surface area contributed by atoms with Crippen LogP contribution in [0.2, 0.25) is 0 Å². The molecule has 1 aromatic rings. The molecule has 1 aliphatic heterocycles. The maximum atomic E-state index is 11.7. The van der Waals surface area contributed by atoms with Crippen molar-refractivity contribution < 1.29 is 9.53 Å². The monoisotopic (exact) mass is 247 g/mol. The van der Waals surface area contributed by atoms with E-state index in [9.17, 15) is 4.79 Å². The summed E-state index contributed by atoms with van der Waals surface area (Å²) in [5.74, 6) is 0.352. The lowest BCUT2D eigenvalue weighted by atomic mass is 9.99. The summed E-state index contributed by atoms with van der Waals surface area (Å²) in [6.07, 6.45) is 0. The fraction of sp³-hybridized carbons (Fsp3) is 0.385. The molecule has 96 valence electrons. The number of benzene rings is 1. The van der Waals surface area contributed by atoms with Gasteiger partial charge < -0.3 is 15.4 Å². The van der Waals surface area contributed by atoms with Gasteiger partial charge in [0.05, 0.1) is 6.61 Å². The fourth-order valence-electron chi connectivity index (χ4n) is 2.24. The number of aliphatic imine (C=N–C) groups is 1. The van der Waals surface area contributed by atoms with Crippen molar-refractivity contribution in [2.45, 2.75) is 19.6 Å². The van der Waals surface area contributed by atoms with Gasteiger partial charge in [0.1, 0.15) is 11.9 Å². The van der Waals surface area contributed by atoms with Crippen molar-refractivity contribution in [3.63, 3.8) is 0 Å². The highest BCUT2D eigenvalue weighted by molar-refractivity contribution is 6.03. The van der Waals surface area contributed by atoms with Crippen LogP contribution in [0.4, 0.5) is 4.79 Å². The van der Waals surface area contributed by atoms with Gasteiger partial charge in [-0.1, -0.05) is 24.3 Å².